The van der Waals surface area contributed by atoms with Crippen molar-refractivity contribution in [3.8, 4) is 0 Å². The molecule has 1 amide bonds. The molecule has 0 saturated heterocycles. The maximum atomic E-state index is 13.1. The van der Waals surface area contributed by atoms with Crippen molar-refractivity contribution >= 4 is 38.8 Å². The van der Waals surface area contributed by atoms with Crippen LogP contribution in [0.15, 0.2) is 56.1 Å². The number of fused-ring (bicyclic) bond motifs is 2. The summed E-state index contributed by atoms with van der Waals surface area (Å²) in [4.78, 5) is 38.9. The number of hydrogen-bond donors (Lipinski definition) is 0. The molecule has 1 aliphatic rings. The minimum atomic E-state index is -0.584. The lowest BCUT2D eigenvalue weighted by molar-refractivity contribution is 0.0600. The van der Waals surface area contributed by atoms with Crippen molar-refractivity contribution in [2.24, 2.45) is 0 Å². The summed E-state index contributed by atoms with van der Waals surface area (Å²) in [6.07, 6.45) is 0. The first-order valence-electron chi connectivity index (χ1n) is 8.14. The van der Waals surface area contributed by atoms with Crippen LogP contribution in [0.25, 0.3) is 11.0 Å². The van der Waals surface area contributed by atoms with Crippen LogP contribution in [0.4, 0.5) is 0 Å². The molecule has 7 heteroatoms. The van der Waals surface area contributed by atoms with E-state index in [1.807, 2.05) is 0 Å². The first-order chi connectivity index (χ1) is 12.9. The Morgan fingerprint density at radius 3 is 2.52 bits per heavy atom. The smallest absolute Gasteiger partial charge is 0.337 e. The van der Waals surface area contributed by atoms with Gasteiger partial charge in [0.2, 0.25) is 5.76 Å². The molecule has 1 aromatic heterocycles. The Morgan fingerprint density at radius 2 is 1.85 bits per heavy atom. The number of rotatable bonds is 2. The van der Waals surface area contributed by atoms with Crippen molar-refractivity contribution in [3.63, 3.8) is 0 Å². The molecular weight excluding hydrogens is 414 g/mol. The second-order valence-corrected chi connectivity index (χ2v) is 7.16. The molecule has 2 heterocycles. The van der Waals surface area contributed by atoms with Crippen LogP contribution >= 0.6 is 15.9 Å². The van der Waals surface area contributed by atoms with E-state index in [0.717, 1.165) is 4.47 Å². The van der Waals surface area contributed by atoms with Gasteiger partial charge >= 0.3 is 5.97 Å². The standard InChI is InChI=1S/C20H14BrNO5/c1-22-16(10-3-5-11(6-4-10)20(25)26-2)15-17(23)13-9-12(21)7-8-14(13)27-18(15)19(22)24/h3-9,16H,1-2H3/t16-/m0/s1. The second-order valence-electron chi connectivity index (χ2n) is 6.25. The number of carbonyl (C=O) groups excluding carboxylic acids is 2. The average Bonchev–Trinajstić information content (AvgIpc) is 2.93. The molecule has 0 fully saturated rings. The molecule has 2 aromatic carbocycles. The second kappa shape index (κ2) is 6.35. The lowest BCUT2D eigenvalue weighted by atomic mass is 9.98. The maximum absolute atomic E-state index is 13.1. The fraction of sp³-hybridized carbons (Fsp3) is 0.150. The molecule has 0 bridgehead atoms. The highest BCUT2D eigenvalue weighted by Crippen LogP contribution is 2.37. The summed E-state index contributed by atoms with van der Waals surface area (Å²) in [5, 5.41) is 0.405. The largest absolute Gasteiger partial charge is 0.465 e. The van der Waals surface area contributed by atoms with Crippen molar-refractivity contribution in [2.75, 3.05) is 14.2 Å². The molecule has 0 N–H and O–H groups in total. The fourth-order valence-electron chi connectivity index (χ4n) is 3.37. The number of nitrogens with zero attached hydrogens (tertiary/aromatic N) is 1. The van der Waals surface area contributed by atoms with Gasteiger partial charge in [0.25, 0.3) is 5.91 Å². The van der Waals surface area contributed by atoms with Crippen molar-refractivity contribution in [1.82, 2.24) is 4.90 Å². The van der Waals surface area contributed by atoms with E-state index in [1.165, 1.54) is 12.0 Å². The van der Waals surface area contributed by atoms with Crippen molar-refractivity contribution < 1.29 is 18.7 Å². The third kappa shape index (κ3) is 2.66. The lowest BCUT2D eigenvalue weighted by Crippen LogP contribution is -2.25. The Hall–Kier alpha value is -2.93. The van der Waals surface area contributed by atoms with E-state index < -0.39 is 12.0 Å². The average molecular weight is 428 g/mol. The number of methoxy groups -OCH3 is 1. The van der Waals surface area contributed by atoms with Gasteiger partial charge in [-0.05, 0) is 35.9 Å². The van der Waals surface area contributed by atoms with Crippen LogP contribution in [0, 0.1) is 0 Å². The van der Waals surface area contributed by atoms with Crippen molar-refractivity contribution in [1.29, 1.82) is 0 Å². The molecule has 136 valence electrons. The van der Waals surface area contributed by atoms with Gasteiger partial charge in [0.05, 0.1) is 29.7 Å². The predicted octanol–water partition coefficient (Wildman–Crippen LogP) is 3.52. The van der Waals surface area contributed by atoms with Crippen LogP contribution < -0.4 is 5.43 Å². The molecule has 6 nitrogen and oxygen atoms in total. The third-order valence-corrected chi connectivity index (χ3v) is 5.20. The SMILES string of the molecule is COC(=O)c1ccc([C@H]2c3c(oc4ccc(Br)cc4c3=O)C(=O)N2C)cc1. The van der Waals surface area contributed by atoms with Gasteiger partial charge < -0.3 is 14.1 Å². The number of benzene rings is 2. The summed E-state index contributed by atoms with van der Waals surface area (Å²) in [6, 6.07) is 11.1. The number of ether oxygens (including phenoxy) is 1. The van der Waals surface area contributed by atoms with E-state index in [4.69, 9.17) is 9.15 Å². The predicted molar refractivity (Wildman–Crippen MR) is 102 cm³/mol. The molecule has 0 aliphatic carbocycles. The van der Waals surface area contributed by atoms with Gasteiger partial charge in [-0.2, -0.15) is 0 Å². The topological polar surface area (TPSA) is 76.8 Å². The summed E-state index contributed by atoms with van der Waals surface area (Å²) in [7, 11) is 2.93. The number of carbonyl (C=O) groups is 2. The van der Waals surface area contributed by atoms with Crippen LogP contribution in [0.2, 0.25) is 0 Å². The van der Waals surface area contributed by atoms with E-state index in [2.05, 4.69) is 15.9 Å². The fourth-order valence-corrected chi connectivity index (χ4v) is 3.73. The zero-order chi connectivity index (χ0) is 19.3. The van der Waals surface area contributed by atoms with E-state index in [-0.39, 0.29) is 17.1 Å². The van der Waals surface area contributed by atoms with Gasteiger partial charge in [-0.1, -0.05) is 28.1 Å². The Balaban J connectivity index is 1.91. The summed E-state index contributed by atoms with van der Waals surface area (Å²) in [6.45, 7) is 0. The number of hydrogen-bond acceptors (Lipinski definition) is 5. The first-order valence-corrected chi connectivity index (χ1v) is 8.93. The van der Waals surface area contributed by atoms with Gasteiger partial charge in [0, 0.05) is 11.5 Å². The lowest BCUT2D eigenvalue weighted by Gasteiger charge is -2.20. The highest BCUT2D eigenvalue weighted by Gasteiger charge is 2.40. The van der Waals surface area contributed by atoms with E-state index in [1.54, 1.807) is 49.5 Å². The molecule has 27 heavy (non-hydrogen) atoms. The van der Waals surface area contributed by atoms with Crippen LogP contribution in [-0.2, 0) is 4.74 Å². The van der Waals surface area contributed by atoms with Crippen LogP contribution in [0.1, 0.15) is 38.1 Å². The van der Waals surface area contributed by atoms with Gasteiger partial charge in [-0.25, -0.2) is 4.79 Å². The Bertz CT molecular complexity index is 1150. The number of esters is 1. The molecule has 4 rings (SSSR count). The normalized spacial score (nSPS) is 15.9. The van der Waals surface area contributed by atoms with E-state index >= 15 is 0 Å². The monoisotopic (exact) mass is 427 g/mol. The van der Waals surface area contributed by atoms with Gasteiger partial charge in [0.1, 0.15) is 5.58 Å². The van der Waals surface area contributed by atoms with E-state index in [0.29, 0.717) is 27.7 Å². The Labute approximate surface area is 162 Å². The minimum Gasteiger partial charge on any atom is -0.465 e. The minimum absolute atomic E-state index is 0.0550. The summed E-state index contributed by atoms with van der Waals surface area (Å²) < 4.78 is 11.2. The van der Waals surface area contributed by atoms with Crippen LogP contribution in [-0.4, -0.2) is 30.9 Å². The molecule has 3 aromatic rings. The van der Waals surface area contributed by atoms with E-state index in [9.17, 15) is 14.4 Å². The van der Waals surface area contributed by atoms with Gasteiger partial charge in [-0.15, -0.1) is 0 Å². The number of amides is 1. The van der Waals surface area contributed by atoms with Crippen LogP contribution in [0.3, 0.4) is 0 Å². The van der Waals surface area contributed by atoms with Gasteiger partial charge in [-0.3, -0.25) is 9.59 Å². The van der Waals surface area contributed by atoms with Crippen molar-refractivity contribution in [2.45, 2.75) is 6.04 Å². The molecule has 1 aliphatic heterocycles. The summed E-state index contributed by atoms with van der Waals surface area (Å²) >= 11 is 3.36. The Kier molecular flexibility index (Phi) is 4.11. The quantitative estimate of drug-likeness (QED) is 0.584. The van der Waals surface area contributed by atoms with Crippen molar-refractivity contribution in [3.05, 3.63) is 79.6 Å². The molecule has 0 saturated carbocycles. The first kappa shape index (κ1) is 17.5. The highest BCUT2D eigenvalue weighted by atomic mass is 79.9. The van der Waals surface area contributed by atoms with Gasteiger partial charge in [0.15, 0.2) is 5.43 Å². The van der Waals surface area contributed by atoms with Crippen LogP contribution in [0.5, 0.6) is 0 Å². The summed E-state index contributed by atoms with van der Waals surface area (Å²) in [5.74, 6) is -0.749. The maximum Gasteiger partial charge on any atom is 0.337 e. The number of halogens is 1. The molecular formula is C20H14BrNO5. The molecule has 0 spiro atoms. The molecule has 0 radical (unpaired) electrons. The Morgan fingerprint density at radius 1 is 1.15 bits per heavy atom. The summed E-state index contributed by atoms with van der Waals surface area (Å²) in [5.41, 5.74) is 1.53. The molecule has 1 atom stereocenters. The highest BCUT2D eigenvalue weighted by molar-refractivity contribution is 9.10. The molecule has 0 unspecified atom stereocenters. The third-order valence-electron chi connectivity index (χ3n) is 4.71. The zero-order valence-corrected chi connectivity index (χ0v) is 16.1. The zero-order valence-electron chi connectivity index (χ0n) is 14.5.